The van der Waals surface area contributed by atoms with E-state index >= 15 is 0 Å². The minimum Gasteiger partial charge on any atom is -0.394 e. The van der Waals surface area contributed by atoms with E-state index in [2.05, 4.69) is 5.32 Å². The van der Waals surface area contributed by atoms with Crippen LogP contribution in [0.25, 0.3) is 0 Å². The zero-order valence-corrected chi connectivity index (χ0v) is 9.09. The number of rotatable bonds is 8. The van der Waals surface area contributed by atoms with Crippen molar-refractivity contribution in [2.75, 3.05) is 25.2 Å². The molecule has 0 aromatic heterocycles. The molecular weight excluding hydrogens is 204 g/mol. The van der Waals surface area contributed by atoms with Gasteiger partial charge < -0.3 is 21.3 Å². The molecule has 0 rings (SSSR count). The summed E-state index contributed by atoms with van der Waals surface area (Å²) in [6.07, 6.45) is -0.0455. The first-order valence-electron chi connectivity index (χ1n) is 4.45. The molecule has 0 radical (unpaired) electrons. The van der Waals surface area contributed by atoms with Crippen LogP contribution in [0.5, 0.6) is 0 Å². The van der Waals surface area contributed by atoms with Crippen molar-refractivity contribution in [3.8, 4) is 0 Å². The second-order valence-electron chi connectivity index (χ2n) is 2.94. The normalized spacial score (nSPS) is 15.1. The molecule has 1 amide bonds. The van der Waals surface area contributed by atoms with Crippen LogP contribution in [0.2, 0.25) is 0 Å². The van der Waals surface area contributed by atoms with Crippen molar-refractivity contribution in [2.45, 2.75) is 18.6 Å². The zero-order chi connectivity index (χ0) is 11.0. The van der Waals surface area contributed by atoms with Gasteiger partial charge in [0.05, 0.1) is 18.8 Å². The van der Waals surface area contributed by atoms with Crippen LogP contribution in [0.4, 0.5) is 0 Å². The predicted octanol–water partition coefficient (Wildman–Crippen LogP) is -1.46. The summed E-state index contributed by atoms with van der Waals surface area (Å²) in [5, 5.41) is 20.3. The van der Waals surface area contributed by atoms with E-state index in [1.165, 1.54) is 11.8 Å². The molecule has 0 aliphatic heterocycles. The summed E-state index contributed by atoms with van der Waals surface area (Å²) < 4.78 is 0. The van der Waals surface area contributed by atoms with Crippen LogP contribution in [0, 0.1) is 0 Å². The lowest BCUT2D eigenvalue weighted by atomic mass is 10.2. The zero-order valence-electron chi connectivity index (χ0n) is 8.27. The van der Waals surface area contributed by atoms with Crippen LogP contribution < -0.4 is 11.1 Å². The molecule has 2 unspecified atom stereocenters. The highest BCUT2D eigenvalue weighted by atomic mass is 32.2. The summed E-state index contributed by atoms with van der Waals surface area (Å²) in [6.45, 7) is -0.224. The number of carbonyl (C=O) groups excluding carboxylic acids is 1. The first-order valence-corrected chi connectivity index (χ1v) is 5.60. The number of nitrogens with one attached hydrogen (secondary N) is 1. The van der Waals surface area contributed by atoms with Crippen molar-refractivity contribution >= 4 is 17.7 Å². The molecule has 14 heavy (non-hydrogen) atoms. The van der Waals surface area contributed by atoms with E-state index in [4.69, 9.17) is 15.9 Å². The largest absolute Gasteiger partial charge is 0.394 e. The first kappa shape index (κ1) is 13.7. The highest BCUT2D eigenvalue weighted by Gasteiger charge is 2.12. The average Bonchev–Trinajstić information content (AvgIpc) is 2.16. The number of likely N-dealkylation sites (N-methyl/N-ethyl adjacent to an activating group) is 1. The van der Waals surface area contributed by atoms with Gasteiger partial charge in [-0.15, -0.1) is 0 Å². The van der Waals surface area contributed by atoms with Crippen LogP contribution >= 0.6 is 11.8 Å². The Kier molecular flexibility index (Phi) is 7.87. The number of thioether (sulfide) groups is 1. The monoisotopic (exact) mass is 222 g/mol. The molecule has 0 heterocycles. The van der Waals surface area contributed by atoms with Crippen LogP contribution in [0.1, 0.15) is 6.42 Å². The van der Waals surface area contributed by atoms with Crippen LogP contribution in [0.3, 0.4) is 0 Å². The molecule has 0 spiro atoms. The highest BCUT2D eigenvalue weighted by Crippen LogP contribution is 2.06. The number of hydrogen-bond acceptors (Lipinski definition) is 5. The summed E-state index contributed by atoms with van der Waals surface area (Å²) in [5.74, 6) is 0.841. The second kappa shape index (κ2) is 8.05. The summed E-state index contributed by atoms with van der Waals surface area (Å²) in [4.78, 5) is 10.8. The molecule has 0 aliphatic rings. The Bertz CT molecular complexity index is 169. The van der Waals surface area contributed by atoms with Crippen molar-refractivity contribution in [3.63, 3.8) is 0 Å². The lowest BCUT2D eigenvalue weighted by Crippen LogP contribution is -2.39. The Balaban J connectivity index is 3.47. The Labute approximate surface area is 88.1 Å². The quantitative estimate of drug-likeness (QED) is 0.376. The lowest BCUT2D eigenvalue weighted by Gasteiger charge is -2.12. The fraction of sp³-hybridized carbons (Fsp3) is 0.875. The van der Waals surface area contributed by atoms with Crippen molar-refractivity contribution in [2.24, 2.45) is 5.73 Å². The second-order valence-corrected chi connectivity index (χ2v) is 4.09. The number of primary amides is 1. The van der Waals surface area contributed by atoms with Gasteiger partial charge in [0, 0.05) is 5.75 Å². The van der Waals surface area contributed by atoms with Crippen LogP contribution in [-0.2, 0) is 4.79 Å². The Morgan fingerprint density at radius 3 is 2.71 bits per heavy atom. The molecule has 5 N–H and O–H groups in total. The Morgan fingerprint density at radius 1 is 1.64 bits per heavy atom. The van der Waals surface area contributed by atoms with Gasteiger partial charge in [0.2, 0.25) is 5.91 Å². The van der Waals surface area contributed by atoms with E-state index in [1.807, 2.05) is 0 Å². The predicted molar refractivity (Wildman–Crippen MR) is 57.1 cm³/mol. The molecule has 2 atom stereocenters. The van der Waals surface area contributed by atoms with Crippen molar-refractivity contribution < 1.29 is 15.0 Å². The fourth-order valence-electron chi connectivity index (χ4n) is 0.902. The maximum atomic E-state index is 10.8. The summed E-state index contributed by atoms with van der Waals surface area (Å²) in [5.41, 5.74) is 5.12. The average molecular weight is 222 g/mol. The van der Waals surface area contributed by atoms with E-state index in [1.54, 1.807) is 7.05 Å². The third-order valence-corrected chi connectivity index (χ3v) is 2.91. The van der Waals surface area contributed by atoms with Crippen LogP contribution in [-0.4, -0.2) is 53.4 Å². The minimum absolute atomic E-state index is 0.224. The topological polar surface area (TPSA) is 95.6 Å². The van der Waals surface area contributed by atoms with Gasteiger partial charge in [-0.05, 0) is 19.2 Å². The maximum absolute atomic E-state index is 10.8. The van der Waals surface area contributed by atoms with Gasteiger partial charge in [-0.3, -0.25) is 4.79 Å². The molecule has 0 saturated carbocycles. The number of carbonyl (C=O) groups is 1. The van der Waals surface area contributed by atoms with Gasteiger partial charge >= 0.3 is 0 Å². The van der Waals surface area contributed by atoms with E-state index < -0.39 is 6.10 Å². The molecule has 0 aliphatic carbocycles. The third-order valence-electron chi connectivity index (χ3n) is 1.76. The van der Waals surface area contributed by atoms with Crippen molar-refractivity contribution in [1.82, 2.24) is 5.32 Å². The number of aliphatic hydroxyl groups excluding tert-OH is 2. The van der Waals surface area contributed by atoms with Gasteiger partial charge in [-0.1, -0.05) is 0 Å². The van der Waals surface area contributed by atoms with Crippen molar-refractivity contribution in [1.29, 1.82) is 0 Å². The first-order chi connectivity index (χ1) is 6.61. The molecule has 6 heteroatoms. The van der Waals surface area contributed by atoms with Crippen LogP contribution in [0.15, 0.2) is 0 Å². The summed E-state index contributed by atoms with van der Waals surface area (Å²) in [6, 6.07) is -0.311. The van der Waals surface area contributed by atoms with E-state index in [0.29, 0.717) is 12.2 Å². The van der Waals surface area contributed by atoms with Crippen molar-refractivity contribution in [3.05, 3.63) is 0 Å². The number of nitrogens with two attached hydrogens (primary N) is 1. The lowest BCUT2D eigenvalue weighted by molar-refractivity contribution is -0.119. The molecule has 0 aromatic rings. The molecule has 5 nitrogen and oxygen atoms in total. The van der Waals surface area contributed by atoms with Gasteiger partial charge in [0.1, 0.15) is 0 Å². The molecule has 84 valence electrons. The smallest absolute Gasteiger partial charge is 0.234 e. The van der Waals surface area contributed by atoms with E-state index in [9.17, 15) is 4.79 Å². The molecule has 0 bridgehead atoms. The van der Waals surface area contributed by atoms with E-state index in [-0.39, 0.29) is 18.6 Å². The fourth-order valence-corrected chi connectivity index (χ4v) is 1.85. The maximum Gasteiger partial charge on any atom is 0.234 e. The van der Waals surface area contributed by atoms with Gasteiger partial charge in [-0.2, -0.15) is 11.8 Å². The molecule has 0 saturated heterocycles. The number of aliphatic hydroxyl groups is 2. The third kappa shape index (κ3) is 6.20. The Morgan fingerprint density at radius 2 is 2.29 bits per heavy atom. The minimum atomic E-state index is -0.679. The Hall–Kier alpha value is -0.300. The molecular formula is C8H18N2O3S. The number of amides is 1. The standard InChI is InChI=1S/C8H18N2O3S/c1-10-7(8(9)13)2-3-14-5-6(12)4-11/h6-7,10-12H,2-5H2,1H3,(H2,9,13). The van der Waals surface area contributed by atoms with Gasteiger partial charge in [0.25, 0.3) is 0 Å². The summed E-state index contributed by atoms with van der Waals surface area (Å²) in [7, 11) is 1.68. The SMILES string of the molecule is CNC(CCSCC(O)CO)C(N)=O. The van der Waals surface area contributed by atoms with Gasteiger partial charge in [-0.25, -0.2) is 0 Å². The van der Waals surface area contributed by atoms with E-state index in [0.717, 1.165) is 5.75 Å². The number of hydrogen-bond donors (Lipinski definition) is 4. The molecule has 0 aromatic carbocycles. The highest BCUT2D eigenvalue weighted by molar-refractivity contribution is 7.99. The summed E-state index contributed by atoms with van der Waals surface area (Å²) >= 11 is 1.49. The van der Waals surface area contributed by atoms with Gasteiger partial charge in [0.15, 0.2) is 0 Å². The molecule has 0 fully saturated rings.